The number of hydrogen-bond donors (Lipinski definition) is 1. The second-order valence-corrected chi connectivity index (χ2v) is 6.80. The third-order valence-electron chi connectivity index (χ3n) is 3.31. The van der Waals surface area contributed by atoms with Crippen molar-refractivity contribution in [2.75, 3.05) is 5.32 Å². The molecule has 0 saturated carbocycles. The van der Waals surface area contributed by atoms with Crippen molar-refractivity contribution in [3.8, 4) is 6.07 Å². The van der Waals surface area contributed by atoms with Crippen LogP contribution >= 0.6 is 34.5 Å². The van der Waals surface area contributed by atoms with Gasteiger partial charge >= 0.3 is 0 Å². The molecule has 0 bridgehead atoms. The second-order valence-electron chi connectivity index (χ2n) is 4.76. The van der Waals surface area contributed by atoms with E-state index in [1.807, 2.05) is 13.8 Å². The molecule has 118 valence electrons. The van der Waals surface area contributed by atoms with Gasteiger partial charge in [-0.25, -0.2) is 0 Å². The SMILES string of the molecule is CCc1c(C)sc(NC(=O)C=Cc2c(Cl)cccc2Cl)c1C#N. The van der Waals surface area contributed by atoms with E-state index in [0.717, 1.165) is 16.9 Å². The van der Waals surface area contributed by atoms with Crippen molar-refractivity contribution in [1.29, 1.82) is 5.26 Å². The number of carbonyl (C=O) groups is 1. The molecule has 1 heterocycles. The molecule has 6 heteroatoms. The number of nitriles is 1. The number of halogens is 2. The zero-order valence-electron chi connectivity index (χ0n) is 12.6. The minimum Gasteiger partial charge on any atom is -0.313 e. The number of hydrogen-bond acceptors (Lipinski definition) is 3. The number of rotatable bonds is 4. The van der Waals surface area contributed by atoms with Crippen molar-refractivity contribution in [2.24, 2.45) is 0 Å². The largest absolute Gasteiger partial charge is 0.313 e. The predicted octanol–water partition coefficient (Wildman–Crippen LogP) is 5.45. The van der Waals surface area contributed by atoms with Crippen LogP contribution in [-0.2, 0) is 11.2 Å². The number of benzene rings is 1. The summed E-state index contributed by atoms with van der Waals surface area (Å²) in [7, 11) is 0. The molecule has 0 atom stereocenters. The molecule has 1 amide bonds. The number of thiophene rings is 1. The number of aryl methyl sites for hydroxylation is 1. The van der Waals surface area contributed by atoms with Gasteiger partial charge in [-0.1, -0.05) is 36.2 Å². The Balaban J connectivity index is 2.21. The fourth-order valence-corrected chi connectivity index (χ4v) is 3.82. The van der Waals surface area contributed by atoms with Crippen LogP contribution in [0.1, 0.15) is 28.5 Å². The van der Waals surface area contributed by atoms with Crippen molar-refractivity contribution in [2.45, 2.75) is 20.3 Å². The quantitative estimate of drug-likeness (QED) is 0.733. The number of nitrogens with zero attached hydrogens (tertiary/aromatic N) is 1. The van der Waals surface area contributed by atoms with E-state index < -0.39 is 0 Å². The summed E-state index contributed by atoms with van der Waals surface area (Å²) in [4.78, 5) is 13.1. The van der Waals surface area contributed by atoms with Gasteiger partial charge < -0.3 is 5.32 Å². The second kappa shape index (κ2) is 7.65. The molecule has 0 spiro atoms. The summed E-state index contributed by atoms with van der Waals surface area (Å²) >= 11 is 13.5. The highest BCUT2D eigenvalue weighted by molar-refractivity contribution is 7.16. The van der Waals surface area contributed by atoms with Gasteiger partial charge in [-0.05, 0) is 37.1 Å². The summed E-state index contributed by atoms with van der Waals surface area (Å²) in [6.07, 6.45) is 3.67. The van der Waals surface area contributed by atoms with Crippen LogP contribution in [0, 0.1) is 18.3 Å². The van der Waals surface area contributed by atoms with Gasteiger partial charge in [0, 0.05) is 26.6 Å². The van der Waals surface area contributed by atoms with Crippen LogP contribution in [0.25, 0.3) is 6.08 Å². The average Bonchev–Trinajstić information content (AvgIpc) is 2.81. The first-order valence-corrected chi connectivity index (χ1v) is 8.50. The first-order valence-electron chi connectivity index (χ1n) is 6.93. The molecule has 0 saturated heterocycles. The van der Waals surface area contributed by atoms with E-state index in [1.165, 1.54) is 17.4 Å². The lowest BCUT2D eigenvalue weighted by Gasteiger charge is -2.02. The minimum absolute atomic E-state index is 0.332. The highest BCUT2D eigenvalue weighted by Gasteiger charge is 2.15. The van der Waals surface area contributed by atoms with Gasteiger partial charge in [-0.2, -0.15) is 5.26 Å². The minimum atomic E-state index is -0.332. The van der Waals surface area contributed by atoms with E-state index in [4.69, 9.17) is 23.2 Å². The molecule has 0 fully saturated rings. The summed E-state index contributed by atoms with van der Waals surface area (Å²) in [6, 6.07) is 7.31. The molecule has 0 unspecified atom stereocenters. The monoisotopic (exact) mass is 364 g/mol. The lowest BCUT2D eigenvalue weighted by Crippen LogP contribution is -2.07. The van der Waals surface area contributed by atoms with E-state index in [0.29, 0.717) is 26.2 Å². The Hall–Kier alpha value is -1.80. The predicted molar refractivity (Wildman–Crippen MR) is 97.3 cm³/mol. The van der Waals surface area contributed by atoms with E-state index in [2.05, 4.69) is 11.4 Å². The molecular weight excluding hydrogens is 351 g/mol. The number of anilines is 1. The van der Waals surface area contributed by atoms with Crippen LogP contribution in [-0.4, -0.2) is 5.91 Å². The topological polar surface area (TPSA) is 52.9 Å². The smallest absolute Gasteiger partial charge is 0.249 e. The average molecular weight is 365 g/mol. The summed E-state index contributed by atoms with van der Waals surface area (Å²) in [6.45, 7) is 3.93. The standard InChI is InChI=1S/C17H14Cl2N2OS/c1-3-11-10(2)23-17(13(11)9-20)21-16(22)8-7-12-14(18)5-4-6-15(12)19/h4-8H,3H2,1-2H3,(H,21,22). The molecule has 0 aliphatic rings. The fraction of sp³-hybridized carbons (Fsp3) is 0.176. The maximum absolute atomic E-state index is 12.1. The Kier molecular flexibility index (Phi) is 5.84. The first kappa shape index (κ1) is 17.6. The Labute approximate surface area is 149 Å². The number of nitrogens with one attached hydrogen (secondary N) is 1. The Morgan fingerprint density at radius 2 is 2.04 bits per heavy atom. The maximum Gasteiger partial charge on any atom is 0.249 e. The van der Waals surface area contributed by atoms with Gasteiger partial charge in [-0.15, -0.1) is 11.3 Å². The fourth-order valence-electron chi connectivity index (χ4n) is 2.19. The van der Waals surface area contributed by atoms with Gasteiger partial charge in [-0.3, -0.25) is 4.79 Å². The van der Waals surface area contributed by atoms with E-state index >= 15 is 0 Å². The molecule has 1 aromatic heterocycles. The van der Waals surface area contributed by atoms with Crippen molar-refractivity contribution >= 4 is 51.5 Å². The highest BCUT2D eigenvalue weighted by atomic mass is 35.5. The molecule has 2 aromatic rings. The van der Waals surface area contributed by atoms with Crippen molar-refractivity contribution in [3.63, 3.8) is 0 Å². The molecule has 0 aliphatic carbocycles. The summed E-state index contributed by atoms with van der Waals surface area (Å²) in [5, 5.41) is 13.6. The first-order chi connectivity index (χ1) is 11.0. The molecule has 2 rings (SSSR count). The van der Waals surface area contributed by atoms with Crippen molar-refractivity contribution in [1.82, 2.24) is 0 Å². The highest BCUT2D eigenvalue weighted by Crippen LogP contribution is 2.33. The molecule has 0 aliphatic heterocycles. The Morgan fingerprint density at radius 1 is 1.39 bits per heavy atom. The summed E-state index contributed by atoms with van der Waals surface area (Å²) < 4.78 is 0. The number of carbonyl (C=O) groups excluding carboxylic acids is 1. The van der Waals surface area contributed by atoms with Crippen molar-refractivity contribution < 1.29 is 4.79 Å². The number of amides is 1. The molecular formula is C17H14Cl2N2OS. The zero-order chi connectivity index (χ0) is 17.0. The van der Waals surface area contributed by atoms with Gasteiger partial charge in [0.2, 0.25) is 5.91 Å². The lowest BCUT2D eigenvalue weighted by molar-refractivity contribution is -0.111. The molecule has 1 N–H and O–H groups in total. The Bertz CT molecular complexity index is 798. The zero-order valence-corrected chi connectivity index (χ0v) is 14.9. The Morgan fingerprint density at radius 3 is 2.61 bits per heavy atom. The van der Waals surface area contributed by atoms with E-state index in [9.17, 15) is 10.1 Å². The molecule has 0 radical (unpaired) electrons. The third-order valence-corrected chi connectivity index (χ3v) is 5.03. The molecule has 1 aromatic carbocycles. The third kappa shape index (κ3) is 3.94. The van der Waals surface area contributed by atoms with Crippen LogP contribution in [0.2, 0.25) is 10.0 Å². The van der Waals surface area contributed by atoms with Crippen LogP contribution in [0.5, 0.6) is 0 Å². The molecule has 3 nitrogen and oxygen atoms in total. The van der Waals surface area contributed by atoms with Gasteiger partial charge in [0.1, 0.15) is 11.1 Å². The van der Waals surface area contributed by atoms with Crippen LogP contribution in [0.3, 0.4) is 0 Å². The normalized spacial score (nSPS) is 10.7. The van der Waals surface area contributed by atoms with Gasteiger partial charge in [0.15, 0.2) is 0 Å². The van der Waals surface area contributed by atoms with E-state index in [1.54, 1.807) is 24.3 Å². The van der Waals surface area contributed by atoms with Crippen LogP contribution < -0.4 is 5.32 Å². The van der Waals surface area contributed by atoms with Crippen molar-refractivity contribution in [3.05, 3.63) is 55.9 Å². The van der Waals surface area contributed by atoms with Gasteiger partial charge in [0.05, 0.1) is 5.56 Å². The lowest BCUT2D eigenvalue weighted by atomic mass is 10.1. The van der Waals surface area contributed by atoms with Crippen LogP contribution in [0.4, 0.5) is 5.00 Å². The summed E-state index contributed by atoms with van der Waals surface area (Å²) in [5.41, 5.74) is 2.10. The van der Waals surface area contributed by atoms with Crippen LogP contribution in [0.15, 0.2) is 24.3 Å². The summed E-state index contributed by atoms with van der Waals surface area (Å²) in [5.74, 6) is -0.332. The maximum atomic E-state index is 12.1. The van der Waals surface area contributed by atoms with Gasteiger partial charge in [0.25, 0.3) is 0 Å². The molecule has 23 heavy (non-hydrogen) atoms. The van der Waals surface area contributed by atoms with E-state index in [-0.39, 0.29) is 5.91 Å².